The molecular weight excluding hydrogens is 571 g/mol. The number of ether oxygens (including phenoxy) is 3. The van der Waals surface area contributed by atoms with Crippen molar-refractivity contribution in [3.63, 3.8) is 0 Å². The van der Waals surface area contributed by atoms with E-state index in [9.17, 15) is 13.2 Å². The quantitative estimate of drug-likeness (QED) is 0.135. The number of benzene rings is 2. The summed E-state index contributed by atoms with van der Waals surface area (Å²) in [6, 6.07) is 11.0. The average molecular weight is 610 g/mol. The maximum absolute atomic E-state index is 12.7. The van der Waals surface area contributed by atoms with E-state index in [0.717, 1.165) is 69.6 Å². The van der Waals surface area contributed by atoms with Gasteiger partial charge in [0, 0.05) is 18.9 Å². The lowest BCUT2D eigenvalue weighted by Gasteiger charge is -2.22. The second-order valence-electron chi connectivity index (χ2n) is 11.0. The van der Waals surface area contributed by atoms with Gasteiger partial charge in [0.2, 0.25) is 5.89 Å². The number of aromatic nitrogens is 3. The number of hydrogen-bond donors (Lipinski definition) is 0. The molecule has 44 heavy (non-hydrogen) atoms. The molecular formula is C34H38F3N3O4. The first-order chi connectivity index (χ1) is 21.3. The molecule has 2 aromatic carbocycles. The molecule has 7 nitrogen and oxygen atoms in total. The monoisotopic (exact) mass is 609 g/mol. The number of aryl methyl sites for hydroxylation is 3. The highest BCUT2D eigenvalue weighted by Gasteiger charge is 2.29. The number of unbranched alkanes of at least 4 members (excludes halogenated alkanes) is 1. The number of halogens is 3. The first-order valence-electron chi connectivity index (χ1n) is 15.1. The molecule has 0 bridgehead atoms. The maximum atomic E-state index is 12.7. The molecule has 0 amide bonds. The van der Waals surface area contributed by atoms with Crippen LogP contribution in [0, 0.1) is 6.92 Å². The number of oxazole rings is 1. The maximum Gasteiger partial charge on any atom is 0.416 e. The molecule has 2 aromatic heterocycles. The summed E-state index contributed by atoms with van der Waals surface area (Å²) in [5.74, 6) is 1.10. The zero-order valence-electron chi connectivity index (χ0n) is 24.9. The highest BCUT2D eigenvalue weighted by atomic mass is 19.4. The Morgan fingerprint density at radius 1 is 1.05 bits per heavy atom. The van der Waals surface area contributed by atoms with Crippen molar-refractivity contribution < 1.29 is 31.8 Å². The first kappa shape index (κ1) is 31.5. The van der Waals surface area contributed by atoms with Crippen LogP contribution >= 0.6 is 0 Å². The van der Waals surface area contributed by atoms with Crippen LogP contribution in [-0.4, -0.2) is 34.3 Å². The fourth-order valence-corrected chi connectivity index (χ4v) is 5.03. The fourth-order valence-electron chi connectivity index (χ4n) is 5.03. The molecule has 0 spiro atoms. The normalized spacial score (nSPS) is 15.7. The van der Waals surface area contributed by atoms with Gasteiger partial charge in [-0.3, -0.25) is 4.68 Å². The van der Waals surface area contributed by atoms with Gasteiger partial charge in [0.25, 0.3) is 0 Å². The summed E-state index contributed by atoms with van der Waals surface area (Å²) >= 11 is 0. The predicted octanol–water partition coefficient (Wildman–Crippen LogP) is 8.06. The molecule has 0 saturated carbocycles. The zero-order valence-corrected chi connectivity index (χ0v) is 24.9. The molecule has 0 radical (unpaired) electrons. The lowest BCUT2D eigenvalue weighted by molar-refractivity contribution is -0.163. The van der Waals surface area contributed by atoms with Crippen LogP contribution in [0.25, 0.3) is 12.2 Å². The van der Waals surface area contributed by atoms with Crippen LogP contribution < -0.4 is 4.74 Å². The van der Waals surface area contributed by atoms with Crippen LogP contribution in [0.5, 0.6) is 5.75 Å². The Balaban J connectivity index is 1.00. The molecule has 1 saturated heterocycles. The van der Waals surface area contributed by atoms with E-state index in [-0.39, 0.29) is 12.9 Å². The molecule has 0 aliphatic carbocycles. The van der Waals surface area contributed by atoms with E-state index in [4.69, 9.17) is 18.6 Å². The predicted molar refractivity (Wildman–Crippen MR) is 161 cm³/mol. The van der Waals surface area contributed by atoms with Crippen molar-refractivity contribution >= 4 is 12.2 Å². The van der Waals surface area contributed by atoms with Gasteiger partial charge in [0.15, 0.2) is 6.29 Å². The van der Waals surface area contributed by atoms with Gasteiger partial charge < -0.3 is 18.6 Å². The molecule has 1 unspecified atom stereocenters. The minimum Gasteiger partial charge on any atom is -0.487 e. The molecule has 1 fully saturated rings. The van der Waals surface area contributed by atoms with E-state index in [1.807, 2.05) is 23.0 Å². The second kappa shape index (κ2) is 15.2. The van der Waals surface area contributed by atoms with Gasteiger partial charge in [-0.1, -0.05) is 18.2 Å². The lowest BCUT2D eigenvalue weighted by Crippen LogP contribution is -2.24. The van der Waals surface area contributed by atoms with Crippen molar-refractivity contribution in [1.82, 2.24) is 14.8 Å². The summed E-state index contributed by atoms with van der Waals surface area (Å²) < 4.78 is 62.9. The third-order valence-electron chi connectivity index (χ3n) is 7.54. The topological polar surface area (TPSA) is 71.5 Å². The van der Waals surface area contributed by atoms with Gasteiger partial charge in [0.1, 0.15) is 24.3 Å². The van der Waals surface area contributed by atoms with Gasteiger partial charge in [-0.2, -0.15) is 18.3 Å². The summed E-state index contributed by atoms with van der Waals surface area (Å²) in [7, 11) is 0. The highest BCUT2D eigenvalue weighted by Crippen LogP contribution is 2.29. The molecule has 1 aliphatic heterocycles. The van der Waals surface area contributed by atoms with E-state index in [2.05, 4.69) is 29.3 Å². The van der Waals surface area contributed by atoms with E-state index in [1.165, 1.54) is 41.5 Å². The molecule has 3 heterocycles. The molecule has 1 atom stereocenters. The Hall–Kier alpha value is -3.89. The molecule has 5 rings (SSSR count). The van der Waals surface area contributed by atoms with Crippen LogP contribution in [0.4, 0.5) is 13.2 Å². The number of rotatable bonds is 14. The van der Waals surface area contributed by atoms with Crippen LogP contribution in [0.2, 0.25) is 0 Å². The molecule has 4 aromatic rings. The minimum absolute atomic E-state index is 0.0642. The van der Waals surface area contributed by atoms with E-state index in [1.54, 1.807) is 12.2 Å². The van der Waals surface area contributed by atoms with E-state index in [0.29, 0.717) is 23.8 Å². The van der Waals surface area contributed by atoms with Crippen molar-refractivity contribution in [3.8, 4) is 5.75 Å². The summed E-state index contributed by atoms with van der Waals surface area (Å²) in [4.78, 5) is 4.37. The summed E-state index contributed by atoms with van der Waals surface area (Å²) in [5, 5.41) is 4.47. The molecule has 1 aliphatic rings. The molecule has 10 heteroatoms. The van der Waals surface area contributed by atoms with Gasteiger partial charge in [-0.25, -0.2) is 4.98 Å². The number of alkyl halides is 3. The summed E-state index contributed by atoms with van der Waals surface area (Å²) in [6.07, 6.45) is 11.8. The van der Waals surface area contributed by atoms with Crippen molar-refractivity contribution in [2.75, 3.05) is 13.2 Å². The van der Waals surface area contributed by atoms with Crippen LogP contribution in [0.15, 0.2) is 65.5 Å². The van der Waals surface area contributed by atoms with Crippen molar-refractivity contribution in [3.05, 3.63) is 101 Å². The zero-order chi connectivity index (χ0) is 30.8. The van der Waals surface area contributed by atoms with Gasteiger partial charge >= 0.3 is 6.18 Å². The largest absolute Gasteiger partial charge is 0.487 e. The smallest absolute Gasteiger partial charge is 0.416 e. The summed E-state index contributed by atoms with van der Waals surface area (Å²) in [6.45, 7) is 4.46. The van der Waals surface area contributed by atoms with Crippen molar-refractivity contribution in [2.45, 2.75) is 77.5 Å². The van der Waals surface area contributed by atoms with E-state index < -0.39 is 11.7 Å². The van der Waals surface area contributed by atoms with Crippen LogP contribution in [0.1, 0.15) is 71.5 Å². The second-order valence-corrected chi connectivity index (χ2v) is 11.0. The first-order valence-corrected chi connectivity index (χ1v) is 15.1. The highest BCUT2D eigenvalue weighted by molar-refractivity contribution is 5.66. The average Bonchev–Trinajstić information content (AvgIpc) is 3.68. The lowest BCUT2D eigenvalue weighted by atomic mass is 10.0. The SMILES string of the molecule is Cc1cc(OCc2coc(/C=C/c3ccc(C(F)(F)F)cc3)n2)ccc1CCCCc1cnn(CCOC2CCCCO2)c1. The fraction of sp³-hybridized carbons (Fsp3) is 0.412. The Bertz CT molecular complexity index is 1490. The van der Waals surface area contributed by atoms with Crippen LogP contribution in [-0.2, 0) is 41.6 Å². The third kappa shape index (κ3) is 9.56. The van der Waals surface area contributed by atoms with Crippen LogP contribution in [0.3, 0.4) is 0 Å². The van der Waals surface area contributed by atoms with Gasteiger partial charge in [-0.05, 0) is 104 Å². The Kier molecular flexibility index (Phi) is 10.9. The summed E-state index contributed by atoms with van der Waals surface area (Å²) in [5.41, 5.74) is 4.27. The van der Waals surface area contributed by atoms with E-state index >= 15 is 0 Å². The van der Waals surface area contributed by atoms with Gasteiger partial charge in [-0.15, -0.1) is 0 Å². The minimum atomic E-state index is -4.36. The Labute approximate surface area is 255 Å². The molecule has 234 valence electrons. The third-order valence-corrected chi connectivity index (χ3v) is 7.54. The number of hydrogen-bond acceptors (Lipinski definition) is 6. The molecule has 0 N–H and O–H groups in total. The van der Waals surface area contributed by atoms with Crippen molar-refractivity contribution in [1.29, 1.82) is 0 Å². The Morgan fingerprint density at radius 3 is 2.66 bits per heavy atom. The van der Waals surface area contributed by atoms with Crippen molar-refractivity contribution in [2.24, 2.45) is 0 Å². The van der Waals surface area contributed by atoms with Gasteiger partial charge in [0.05, 0.1) is 24.9 Å². The standard InChI is InChI=1S/C34H38F3N3O4/c1-25-20-31(43-23-30-24-44-32(39-30)16-11-26-9-13-29(14-10-26)34(35,36)37)15-12-28(25)7-3-2-6-27-21-38-40(22-27)17-19-42-33-8-4-5-18-41-33/h9-16,20-22,24,33H,2-8,17-19,23H2,1H3/b16-11+. The number of nitrogens with zero attached hydrogens (tertiary/aromatic N) is 3. The Morgan fingerprint density at radius 2 is 1.89 bits per heavy atom.